The zero-order chi connectivity index (χ0) is 15.1. The van der Waals surface area contributed by atoms with E-state index >= 15 is 0 Å². The first-order valence-corrected chi connectivity index (χ1v) is 7.37. The van der Waals surface area contributed by atoms with E-state index in [0.717, 1.165) is 22.9 Å². The third kappa shape index (κ3) is 2.34. The highest BCUT2D eigenvalue weighted by Gasteiger charge is 2.16. The van der Waals surface area contributed by atoms with Crippen LogP contribution in [-0.2, 0) is 0 Å². The fraction of sp³-hybridized carbons (Fsp3) is 0.0625. The molecule has 0 bridgehead atoms. The highest BCUT2D eigenvalue weighted by molar-refractivity contribution is 6.49. The highest BCUT2D eigenvalue weighted by atomic mass is 35.5. The Balaban J connectivity index is 2.35. The Hall–Kier alpha value is -1.48. The summed E-state index contributed by atoms with van der Waals surface area (Å²) in [4.78, 5) is 11.5. The standard InChI is InChI=1S/C16H10Cl3NO/c1-9-4-5-20-10(6-9)7-12(14(20)8-21)11-2-3-13(17)16(19)15(11)18/h2-8H,1H3. The van der Waals surface area contributed by atoms with Crippen molar-refractivity contribution in [2.75, 3.05) is 0 Å². The second-order valence-corrected chi connectivity index (χ2v) is 5.95. The Morgan fingerprint density at radius 1 is 1.00 bits per heavy atom. The van der Waals surface area contributed by atoms with Crippen LogP contribution in [0.15, 0.2) is 36.5 Å². The zero-order valence-electron chi connectivity index (χ0n) is 11.0. The van der Waals surface area contributed by atoms with Gasteiger partial charge in [-0.3, -0.25) is 4.79 Å². The Kier molecular flexibility index (Phi) is 3.70. The first-order chi connectivity index (χ1) is 10.0. The number of aryl methyl sites for hydroxylation is 1. The summed E-state index contributed by atoms with van der Waals surface area (Å²) in [6, 6.07) is 9.31. The van der Waals surface area contributed by atoms with Crippen molar-refractivity contribution in [3.05, 3.63) is 62.9 Å². The van der Waals surface area contributed by atoms with Gasteiger partial charge in [0.25, 0.3) is 0 Å². The van der Waals surface area contributed by atoms with E-state index in [4.69, 9.17) is 34.8 Å². The molecule has 21 heavy (non-hydrogen) atoms. The van der Waals surface area contributed by atoms with Crippen LogP contribution in [0.3, 0.4) is 0 Å². The molecule has 2 aromatic heterocycles. The van der Waals surface area contributed by atoms with Gasteiger partial charge < -0.3 is 4.40 Å². The third-order valence-electron chi connectivity index (χ3n) is 3.40. The van der Waals surface area contributed by atoms with Gasteiger partial charge in [0.1, 0.15) is 0 Å². The number of carbonyl (C=O) groups excluding carboxylic acids is 1. The van der Waals surface area contributed by atoms with Gasteiger partial charge >= 0.3 is 0 Å². The van der Waals surface area contributed by atoms with E-state index in [1.54, 1.807) is 12.1 Å². The summed E-state index contributed by atoms with van der Waals surface area (Å²) in [5.41, 5.74) is 4.00. The van der Waals surface area contributed by atoms with Gasteiger partial charge in [0.2, 0.25) is 0 Å². The number of nitrogens with zero attached hydrogens (tertiary/aromatic N) is 1. The van der Waals surface area contributed by atoms with Gasteiger partial charge in [-0.15, -0.1) is 0 Å². The number of fused-ring (bicyclic) bond motifs is 1. The largest absolute Gasteiger partial charge is 0.314 e. The van der Waals surface area contributed by atoms with Crippen LogP contribution < -0.4 is 0 Å². The molecule has 2 nitrogen and oxygen atoms in total. The third-order valence-corrected chi connectivity index (χ3v) is 4.70. The summed E-state index contributed by atoms with van der Waals surface area (Å²) in [6.45, 7) is 2.00. The lowest BCUT2D eigenvalue weighted by atomic mass is 10.1. The minimum absolute atomic E-state index is 0.291. The van der Waals surface area contributed by atoms with Crippen molar-refractivity contribution in [1.29, 1.82) is 0 Å². The van der Waals surface area contributed by atoms with Gasteiger partial charge in [-0.1, -0.05) is 40.9 Å². The number of rotatable bonds is 2. The summed E-state index contributed by atoms with van der Waals surface area (Å²) >= 11 is 18.3. The van der Waals surface area contributed by atoms with Crippen molar-refractivity contribution < 1.29 is 4.79 Å². The summed E-state index contributed by atoms with van der Waals surface area (Å²) in [5, 5.41) is 1.02. The Labute approximate surface area is 136 Å². The van der Waals surface area contributed by atoms with Gasteiger partial charge in [-0.25, -0.2) is 0 Å². The zero-order valence-corrected chi connectivity index (χ0v) is 13.3. The van der Waals surface area contributed by atoms with Crippen molar-refractivity contribution in [1.82, 2.24) is 4.40 Å². The number of hydrogen-bond donors (Lipinski definition) is 0. The maximum absolute atomic E-state index is 11.5. The van der Waals surface area contributed by atoms with Crippen molar-refractivity contribution >= 4 is 46.6 Å². The van der Waals surface area contributed by atoms with E-state index in [0.29, 0.717) is 26.3 Å². The summed E-state index contributed by atoms with van der Waals surface area (Å²) in [5.74, 6) is 0. The van der Waals surface area contributed by atoms with E-state index < -0.39 is 0 Å². The number of carbonyl (C=O) groups is 1. The minimum Gasteiger partial charge on any atom is -0.314 e. The van der Waals surface area contributed by atoms with Crippen LogP contribution in [-0.4, -0.2) is 10.7 Å². The molecular formula is C16H10Cl3NO. The maximum atomic E-state index is 11.5. The number of hydrogen-bond acceptors (Lipinski definition) is 1. The van der Waals surface area contributed by atoms with Crippen molar-refractivity contribution in [3.8, 4) is 11.1 Å². The van der Waals surface area contributed by atoms with Gasteiger partial charge in [0, 0.05) is 22.8 Å². The van der Waals surface area contributed by atoms with Crippen molar-refractivity contribution in [3.63, 3.8) is 0 Å². The summed E-state index contributed by atoms with van der Waals surface area (Å²) in [6.07, 6.45) is 2.68. The SMILES string of the molecule is Cc1ccn2c(C=O)c(-c3ccc(Cl)c(Cl)c3Cl)cc2c1. The van der Waals surface area contributed by atoms with Gasteiger partial charge in [-0.05, 0) is 36.8 Å². The molecule has 0 fully saturated rings. The lowest BCUT2D eigenvalue weighted by Crippen LogP contribution is -1.93. The first kappa shape index (κ1) is 14.5. The Morgan fingerprint density at radius 2 is 1.76 bits per heavy atom. The Bertz CT molecular complexity index is 868. The van der Waals surface area contributed by atoms with Crippen LogP contribution in [0.4, 0.5) is 0 Å². The van der Waals surface area contributed by atoms with Crippen molar-refractivity contribution in [2.24, 2.45) is 0 Å². The molecule has 106 valence electrons. The molecule has 0 atom stereocenters. The average molecular weight is 339 g/mol. The van der Waals surface area contributed by atoms with E-state index in [1.165, 1.54) is 0 Å². The molecule has 3 rings (SSSR count). The second-order valence-electron chi connectivity index (χ2n) is 4.78. The van der Waals surface area contributed by atoms with E-state index in [9.17, 15) is 4.79 Å². The quantitative estimate of drug-likeness (QED) is 0.434. The number of benzene rings is 1. The first-order valence-electron chi connectivity index (χ1n) is 6.23. The van der Waals surface area contributed by atoms with E-state index in [1.807, 2.05) is 35.7 Å². The van der Waals surface area contributed by atoms with Crippen LogP contribution in [0.5, 0.6) is 0 Å². The smallest absolute Gasteiger partial charge is 0.167 e. The highest BCUT2D eigenvalue weighted by Crippen LogP contribution is 2.39. The average Bonchev–Trinajstić information content (AvgIpc) is 2.82. The molecule has 0 saturated heterocycles. The number of halogens is 3. The van der Waals surface area contributed by atoms with E-state index in [2.05, 4.69) is 0 Å². The van der Waals surface area contributed by atoms with Gasteiger partial charge in [0.15, 0.2) is 6.29 Å². The molecule has 0 aliphatic carbocycles. The molecule has 0 aliphatic rings. The molecule has 0 saturated carbocycles. The molecule has 0 amide bonds. The fourth-order valence-electron chi connectivity index (χ4n) is 2.38. The molecule has 0 N–H and O–H groups in total. The molecule has 0 unspecified atom stereocenters. The monoisotopic (exact) mass is 337 g/mol. The van der Waals surface area contributed by atoms with Crippen LogP contribution >= 0.6 is 34.8 Å². The summed E-state index contributed by atoms with van der Waals surface area (Å²) < 4.78 is 1.83. The topological polar surface area (TPSA) is 21.5 Å². The normalized spacial score (nSPS) is 11.0. The molecule has 0 aliphatic heterocycles. The van der Waals surface area contributed by atoms with Crippen LogP contribution in [0.2, 0.25) is 15.1 Å². The number of aromatic nitrogens is 1. The maximum Gasteiger partial charge on any atom is 0.167 e. The summed E-state index contributed by atoms with van der Waals surface area (Å²) in [7, 11) is 0. The molecule has 0 radical (unpaired) electrons. The van der Waals surface area contributed by atoms with Gasteiger partial charge in [0.05, 0.1) is 20.8 Å². The minimum atomic E-state index is 0.291. The number of pyridine rings is 1. The van der Waals surface area contributed by atoms with Crippen LogP contribution in [0, 0.1) is 6.92 Å². The van der Waals surface area contributed by atoms with Gasteiger partial charge in [-0.2, -0.15) is 0 Å². The van der Waals surface area contributed by atoms with E-state index in [-0.39, 0.29) is 0 Å². The van der Waals surface area contributed by atoms with Crippen LogP contribution in [0.25, 0.3) is 16.6 Å². The molecular weight excluding hydrogens is 329 g/mol. The van der Waals surface area contributed by atoms with Crippen molar-refractivity contribution in [2.45, 2.75) is 6.92 Å². The molecule has 2 heterocycles. The Morgan fingerprint density at radius 3 is 2.48 bits per heavy atom. The fourth-order valence-corrected chi connectivity index (χ4v) is 3.02. The molecule has 1 aromatic carbocycles. The predicted molar refractivity (Wildman–Crippen MR) is 88.0 cm³/mol. The lowest BCUT2D eigenvalue weighted by molar-refractivity contribution is 0.111. The van der Waals surface area contributed by atoms with Crippen LogP contribution in [0.1, 0.15) is 16.1 Å². The second kappa shape index (κ2) is 5.38. The number of aldehydes is 1. The molecule has 5 heteroatoms. The lowest BCUT2D eigenvalue weighted by Gasteiger charge is -2.06. The molecule has 3 aromatic rings. The predicted octanol–water partition coefficient (Wildman–Crippen LogP) is 5.69. The molecule has 0 spiro atoms.